The van der Waals surface area contributed by atoms with Gasteiger partial charge in [-0.15, -0.1) is 10.2 Å². The summed E-state index contributed by atoms with van der Waals surface area (Å²) >= 11 is 0. The van der Waals surface area contributed by atoms with Gasteiger partial charge < -0.3 is 14.4 Å². The number of nitrogens with zero attached hydrogens (tertiary/aromatic N) is 3. The third-order valence-electron chi connectivity index (χ3n) is 3.97. The van der Waals surface area contributed by atoms with Crippen LogP contribution in [0.25, 0.3) is 0 Å². The summed E-state index contributed by atoms with van der Waals surface area (Å²) < 4.78 is 7.65. The first-order valence-corrected chi connectivity index (χ1v) is 6.43. The molecule has 6 heteroatoms. The van der Waals surface area contributed by atoms with Crippen LogP contribution in [0.1, 0.15) is 37.5 Å². The van der Waals surface area contributed by atoms with Gasteiger partial charge in [0.05, 0.1) is 5.92 Å². The lowest BCUT2D eigenvalue weighted by Crippen LogP contribution is -2.28. The molecule has 1 N–H and O–H groups in total. The zero-order valence-electron chi connectivity index (χ0n) is 10.4. The monoisotopic (exact) mass is 251 g/mol. The van der Waals surface area contributed by atoms with E-state index in [2.05, 4.69) is 17.1 Å². The van der Waals surface area contributed by atoms with Crippen molar-refractivity contribution in [2.45, 2.75) is 38.8 Å². The van der Waals surface area contributed by atoms with Crippen LogP contribution in [0.2, 0.25) is 0 Å². The maximum atomic E-state index is 11.1. The molecule has 3 heterocycles. The van der Waals surface area contributed by atoms with Gasteiger partial charge in [-0.3, -0.25) is 4.79 Å². The standard InChI is InChI=1S/C12H17N3O3/c1-7-4-5-18-10(7)11-14-13-9-3-2-8(12(16)17)6-15(9)11/h7-8,10H,2-6H2,1H3,(H,16,17). The molecule has 0 spiro atoms. The van der Waals surface area contributed by atoms with E-state index in [9.17, 15) is 4.79 Å². The Hall–Kier alpha value is -1.43. The van der Waals surface area contributed by atoms with Gasteiger partial charge in [0.2, 0.25) is 0 Å². The Labute approximate surface area is 105 Å². The first kappa shape index (κ1) is 11.6. The van der Waals surface area contributed by atoms with Crippen LogP contribution < -0.4 is 0 Å². The summed E-state index contributed by atoms with van der Waals surface area (Å²) in [4.78, 5) is 11.1. The van der Waals surface area contributed by atoms with Gasteiger partial charge in [0.15, 0.2) is 5.82 Å². The van der Waals surface area contributed by atoms with Gasteiger partial charge in [0, 0.05) is 19.6 Å². The van der Waals surface area contributed by atoms with Crippen LogP contribution in [-0.2, 0) is 22.5 Å². The first-order chi connectivity index (χ1) is 8.66. The van der Waals surface area contributed by atoms with Gasteiger partial charge in [-0.2, -0.15) is 0 Å². The number of carboxylic acid groups (broad SMARTS) is 1. The van der Waals surface area contributed by atoms with E-state index < -0.39 is 5.97 Å². The molecule has 2 aliphatic rings. The van der Waals surface area contributed by atoms with E-state index in [-0.39, 0.29) is 12.0 Å². The number of rotatable bonds is 2. The minimum Gasteiger partial charge on any atom is -0.481 e. The summed E-state index contributed by atoms with van der Waals surface area (Å²) in [5, 5.41) is 17.5. The summed E-state index contributed by atoms with van der Waals surface area (Å²) in [5.41, 5.74) is 0. The van der Waals surface area contributed by atoms with Crippen molar-refractivity contribution >= 4 is 5.97 Å². The lowest BCUT2D eigenvalue weighted by atomic mass is 9.98. The summed E-state index contributed by atoms with van der Waals surface area (Å²) in [6, 6.07) is 0. The average molecular weight is 251 g/mol. The number of ether oxygens (including phenoxy) is 1. The molecule has 0 aliphatic carbocycles. The number of fused-ring (bicyclic) bond motifs is 1. The van der Waals surface area contributed by atoms with Crippen molar-refractivity contribution in [2.75, 3.05) is 6.61 Å². The Kier molecular flexibility index (Phi) is 2.81. The predicted molar refractivity (Wildman–Crippen MR) is 61.9 cm³/mol. The quantitative estimate of drug-likeness (QED) is 0.849. The third-order valence-corrected chi connectivity index (χ3v) is 3.97. The molecule has 0 aromatic carbocycles. The number of aryl methyl sites for hydroxylation is 1. The van der Waals surface area contributed by atoms with E-state index in [4.69, 9.17) is 9.84 Å². The van der Waals surface area contributed by atoms with Crippen LogP contribution in [0.5, 0.6) is 0 Å². The number of aromatic nitrogens is 3. The molecule has 18 heavy (non-hydrogen) atoms. The molecule has 3 unspecified atom stereocenters. The fourth-order valence-electron chi connectivity index (χ4n) is 2.79. The average Bonchev–Trinajstić information content (AvgIpc) is 2.93. The van der Waals surface area contributed by atoms with Gasteiger partial charge in [0.1, 0.15) is 11.9 Å². The van der Waals surface area contributed by atoms with E-state index in [1.165, 1.54) is 0 Å². The highest BCUT2D eigenvalue weighted by Gasteiger charge is 2.34. The van der Waals surface area contributed by atoms with Crippen molar-refractivity contribution in [3.05, 3.63) is 11.6 Å². The molecule has 6 nitrogen and oxygen atoms in total. The fourth-order valence-corrected chi connectivity index (χ4v) is 2.79. The first-order valence-electron chi connectivity index (χ1n) is 6.43. The van der Waals surface area contributed by atoms with E-state index >= 15 is 0 Å². The SMILES string of the molecule is CC1CCOC1c1nnc2n1CC(C(=O)O)CC2. The smallest absolute Gasteiger partial charge is 0.308 e. The summed E-state index contributed by atoms with van der Waals surface area (Å²) in [6.07, 6.45) is 2.33. The van der Waals surface area contributed by atoms with Crippen molar-refractivity contribution in [3.63, 3.8) is 0 Å². The lowest BCUT2D eigenvalue weighted by Gasteiger charge is -2.23. The van der Waals surface area contributed by atoms with Gasteiger partial charge in [0.25, 0.3) is 0 Å². The van der Waals surface area contributed by atoms with E-state index in [0.29, 0.717) is 25.3 Å². The summed E-state index contributed by atoms with van der Waals surface area (Å²) in [5.74, 6) is 1.05. The Balaban J connectivity index is 1.90. The second-order valence-corrected chi connectivity index (χ2v) is 5.22. The molecule has 0 saturated carbocycles. The number of hydrogen-bond donors (Lipinski definition) is 1. The fraction of sp³-hybridized carbons (Fsp3) is 0.750. The van der Waals surface area contributed by atoms with E-state index in [0.717, 1.165) is 24.7 Å². The number of carbonyl (C=O) groups is 1. The molecular formula is C12H17N3O3. The Morgan fingerprint density at radius 1 is 1.44 bits per heavy atom. The zero-order chi connectivity index (χ0) is 12.7. The lowest BCUT2D eigenvalue weighted by molar-refractivity contribution is -0.142. The molecular weight excluding hydrogens is 234 g/mol. The van der Waals surface area contributed by atoms with Crippen LogP contribution in [0, 0.1) is 11.8 Å². The predicted octanol–water partition coefficient (Wildman–Crippen LogP) is 1.02. The molecule has 2 aliphatic heterocycles. The van der Waals surface area contributed by atoms with Crippen LogP contribution in [0.4, 0.5) is 0 Å². The van der Waals surface area contributed by atoms with E-state index in [1.807, 2.05) is 4.57 Å². The second kappa shape index (κ2) is 4.35. The highest BCUT2D eigenvalue weighted by Crippen LogP contribution is 2.34. The molecule has 0 amide bonds. The van der Waals surface area contributed by atoms with Gasteiger partial charge in [-0.05, 0) is 18.8 Å². The number of carboxylic acids is 1. The Bertz CT molecular complexity index is 471. The molecule has 98 valence electrons. The van der Waals surface area contributed by atoms with Crippen LogP contribution in [0.15, 0.2) is 0 Å². The van der Waals surface area contributed by atoms with Crippen molar-refractivity contribution < 1.29 is 14.6 Å². The summed E-state index contributed by atoms with van der Waals surface area (Å²) in [7, 11) is 0. The summed E-state index contributed by atoms with van der Waals surface area (Å²) in [6.45, 7) is 3.35. The van der Waals surface area contributed by atoms with Crippen LogP contribution in [0.3, 0.4) is 0 Å². The highest BCUT2D eigenvalue weighted by atomic mass is 16.5. The second-order valence-electron chi connectivity index (χ2n) is 5.22. The molecule has 0 bridgehead atoms. The van der Waals surface area contributed by atoms with Crippen molar-refractivity contribution in [1.29, 1.82) is 0 Å². The van der Waals surface area contributed by atoms with Gasteiger partial charge in [-0.1, -0.05) is 6.92 Å². The molecule has 1 fully saturated rings. The third kappa shape index (κ3) is 1.80. The normalized spacial score (nSPS) is 31.3. The van der Waals surface area contributed by atoms with Crippen LogP contribution in [-0.4, -0.2) is 32.4 Å². The van der Waals surface area contributed by atoms with Crippen molar-refractivity contribution in [3.8, 4) is 0 Å². The molecule has 3 rings (SSSR count). The minimum atomic E-state index is -0.735. The Morgan fingerprint density at radius 2 is 2.28 bits per heavy atom. The minimum absolute atomic E-state index is 0.0289. The molecule has 1 saturated heterocycles. The molecule has 0 radical (unpaired) electrons. The largest absolute Gasteiger partial charge is 0.481 e. The topological polar surface area (TPSA) is 77.2 Å². The van der Waals surface area contributed by atoms with E-state index in [1.54, 1.807) is 0 Å². The maximum Gasteiger partial charge on any atom is 0.308 e. The van der Waals surface area contributed by atoms with Gasteiger partial charge >= 0.3 is 5.97 Å². The number of hydrogen-bond acceptors (Lipinski definition) is 4. The van der Waals surface area contributed by atoms with Crippen molar-refractivity contribution in [2.24, 2.45) is 11.8 Å². The molecule has 1 aromatic heterocycles. The van der Waals surface area contributed by atoms with Gasteiger partial charge in [-0.25, -0.2) is 0 Å². The van der Waals surface area contributed by atoms with Crippen LogP contribution >= 0.6 is 0 Å². The molecule has 1 aromatic rings. The zero-order valence-corrected chi connectivity index (χ0v) is 10.4. The highest BCUT2D eigenvalue weighted by molar-refractivity contribution is 5.70. The van der Waals surface area contributed by atoms with Crippen molar-refractivity contribution in [1.82, 2.24) is 14.8 Å². The Morgan fingerprint density at radius 3 is 2.94 bits per heavy atom. The number of aliphatic carboxylic acids is 1. The maximum absolute atomic E-state index is 11.1. The molecule has 3 atom stereocenters.